The van der Waals surface area contributed by atoms with E-state index in [-0.39, 0.29) is 24.1 Å². The van der Waals surface area contributed by atoms with Crippen LogP contribution in [0.5, 0.6) is 11.5 Å². The van der Waals surface area contributed by atoms with E-state index in [1.54, 1.807) is 17.0 Å². The summed E-state index contributed by atoms with van der Waals surface area (Å²) in [6.45, 7) is 3.44. The van der Waals surface area contributed by atoms with Crippen molar-refractivity contribution in [3.05, 3.63) is 54.1 Å². The molecule has 0 saturated carbocycles. The third-order valence-electron chi connectivity index (χ3n) is 6.39. The molecule has 1 N–H and O–H groups in total. The van der Waals surface area contributed by atoms with Crippen LogP contribution >= 0.6 is 0 Å². The molecule has 0 unspecified atom stereocenters. The van der Waals surface area contributed by atoms with Crippen LogP contribution in [0.3, 0.4) is 0 Å². The maximum Gasteiger partial charge on any atom is 0.573 e. The number of hydrogen-bond acceptors (Lipinski definition) is 5. The lowest BCUT2D eigenvalue weighted by molar-refractivity contribution is -0.274. The number of fused-ring (bicyclic) bond motifs is 1. The van der Waals surface area contributed by atoms with Gasteiger partial charge in [0.05, 0.1) is 12.2 Å². The molecule has 2 aromatic carbocycles. The molecule has 0 bridgehead atoms. The summed E-state index contributed by atoms with van der Waals surface area (Å²) in [6.07, 6.45) is -2.74. The number of para-hydroxylation sites is 2. The zero-order valence-electron chi connectivity index (χ0n) is 19.4. The Hall–Kier alpha value is -3.43. The van der Waals surface area contributed by atoms with Gasteiger partial charge < -0.3 is 24.6 Å². The number of anilines is 1. The average Bonchev–Trinajstić information content (AvgIpc) is 2.94. The van der Waals surface area contributed by atoms with Crippen molar-refractivity contribution in [3.8, 4) is 11.5 Å². The first kappa shape index (κ1) is 24.7. The minimum atomic E-state index is -4.74. The van der Waals surface area contributed by atoms with Crippen molar-refractivity contribution in [3.63, 3.8) is 0 Å². The Balaban J connectivity index is 1.47. The summed E-state index contributed by atoms with van der Waals surface area (Å²) in [4.78, 5) is 27.3. The monoisotopic (exact) mass is 491 g/mol. The van der Waals surface area contributed by atoms with Gasteiger partial charge in [-0.1, -0.05) is 24.3 Å². The van der Waals surface area contributed by atoms with Crippen LogP contribution in [-0.4, -0.2) is 54.9 Å². The minimum Gasteiger partial charge on any atom is -0.485 e. The fourth-order valence-corrected chi connectivity index (χ4v) is 4.60. The highest BCUT2D eigenvalue weighted by molar-refractivity contribution is 5.83. The minimum absolute atomic E-state index is 0.0169. The highest BCUT2D eigenvalue weighted by atomic mass is 19.4. The maximum atomic E-state index is 12.6. The van der Waals surface area contributed by atoms with E-state index in [0.29, 0.717) is 56.8 Å². The topological polar surface area (TPSA) is 71.1 Å². The van der Waals surface area contributed by atoms with Crippen molar-refractivity contribution >= 4 is 17.5 Å². The van der Waals surface area contributed by atoms with Gasteiger partial charge in [0.2, 0.25) is 11.8 Å². The number of carbonyl (C=O) groups is 2. The van der Waals surface area contributed by atoms with Crippen molar-refractivity contribution in [1.29, 1.82) is 0 Å². The number of nitrogens with zero attached hydrogens (tertiary/aromatic N) is 2. The van der Waals surface area contributed by atoms with Crippen molar-refractivity contribution in [2.45, 2.75) is 44.7 Å². The molecule has 1 fully saturated rings. The van der Waals surface area contributed by atoms with E-state index >= 15 is 0 Å². The predicted octanol–water partition coefficient (Wildman–Crippen LogP) is 3.87. The molecular formula is C25H28F3N3O4. The first-order valence-corrected chi connectivity index (χ1v) is 11.5. The molecule has 10 heteroatoms. The lowest BCUT2D eigenvalue weighted by Crippen LogP contribution is -2.52. The first-order chi connectivity index (χ1) is 16.6. The molecule has 2 heterocycles. The molecule has 2 aliphatic rings. The summed E-state index contributed by atoms with van der Waals surface area (Å²) in [5.74, 6) is 0.102. The SMILES string of the molecule is CC(=O)NCC(=O)N1CCC2(CC1)CCN(Cc1cccc(OC(F)(F)F)c1)c1ccccc1O2. The number of nitrogens with one attached hydrogen (secondary N) is 1. The summed E-state index contributed by atoms with van der Waals surface area (Å²) in [5.41, 5.74) is 1.11. The molecule has 2 amide bonds. The number of likely N-dealkylation sites (tertiary alicyclic amines) is 1. The third kappa shape index (κ3) is 6.37. The van der Waals surface area contributed by atoms with Gasteiger partial charge in [-0.25, -0.2) is 0 Å². The highest BCUT2D eigenvalue weighted by Gasteiger charge is 2.40. The third-order valence-corrected chi connectivity index (χ3v) is 6.39. The van der Waals surface area contributed by atoms with Crippen LogP contribution in [-0.2, 0) is 16.1 Å². The number of halogens is 3. The fourth-order valence-electron chi connectivity index (χ4n) is 4.60. The lowest BCUT2D eigenvalue weighted by atomic mass is 9.87. The molecule has 1 spiro atoms. The number of rotatable bonds is 5. The molecule has 0 radical (unpaired) electrons. The molecule has 0 aliphatic carbocycles. The van der Waals surface area contributed by atoms with Crippen molar-refractivity contribution in [1.82, 2.24) is 10.2 Å². The van der Waals surface area contributed by atoms with Crippen LogP contribution in [0.4, 0.5) is 18.9 Å². The number of hydrogen-bond donors (Lipinski definition) is 1. The Morgan fingerprint density at radius 2 is 1.77 bits per heavy atom. The number of alkyl halides is 3. The van der Waals surface area contributed by atoms with Crippen LogP contribution in [0.15, 0.2) is 48.5 Å². The molecule has 0 aromatic heterocycles. The van der Waals surface area contributed by atoms with Crippen LogP contribution < -0.4 is 19.7 Å². The summed E-state index contributed by atoms with van der Waals surface area (Å²) in [5, 5.41) is 2.54. The quantitative estimate of drug-likeness (QED) is 0.688. The van der Waals surface area contributed by atoms with Crippen LogP contribution in [0.1, 0.15) is 31.7 Å². The maximum absolute atomic E-state index is 12.6. The largest absolute Gasteiger partial charge is 0.573 e. The van der Waals surface area contributed by atoms with Crippen LogP contribution in [0, 0.1) is 0 Å². The van der Waals surface area contributed by atoms with Crippen LogP contribution in [0.25, 0.3) is 0 Å². The van der Waals surface area contributed by atoms with Gasteiger partial charge in [-0.3, -0.25) is 9.59 Å². The van der Waals surface area contributed by atoms with Crippen molar-refractivity contribution < 1.29 is 32.2 Å². The van der Waals surface area contributed by atoms with E-state index in [0.717, 1.165) is 5.69 Å². The van der Waals surface area contributed by atoms with E-state index in [9.17, 15) is 22.8 Å². The van der Waals surface area contributed by atoms with E-state index in [1.807, 2.05) is 24.3 Å². The zero-order chi connectivity index (χ0) is 25.1. The van der Waals surface area contributed by atoms with Gasteiger partial charge in [0, 0.05) is 52.4 Å². The molecule has 2 aliphatic heterocycles. The Labute approximate surface area is 201 Å². The van der Waals surface area contributed by atoms with Gasteiger partial charge in [0.1, 0.15) is 17.1 Å². The second-order valence-corrected chi connectivity index (χ2v) is 8.91. The number of ether oxygens (including phenoxy) is 2. The second kappa shape index (κ2) is 10.1. The normalized spacial score (nSPS) is 17.3. The average molecular weight is 492 g/mol. The van der Waals surface area contributed by atoms with Crippen molar-refractivity contribution in [2.24, 2.45) is 0 Å². The van der Waals surface area contributed by atoms with E-state index in [1.165, 1.54) is 19.1 Å². The van der Waals surface area contributed by atoms with Gasteiger partial charge in [-0.05, 0) is 29.8 Å². The zero-order valence-corrected chi connectivity index (χ0v) is 19.4. The standard InChI is InChI=1S/C25H28F3N3O4/c1-18(32)29-16-23(33)30-12-9-24(10-13-30)11-14-31(21-7-2-3-8-22(21)35-24)17-19-5-4-6-20(15-19)34-25(26,27)28/h2-8,15H,9-14,16-17H2,1H3,(H,29,32). The van der Waals surface area contributed by atoms with Crippen molar-refractivity contribution in [2.75, 3.05) is 31.1 Å². The van der Waals surface area contributed by atoms with Gasteiger partial charge in [0.25, 0.3) is 0 Å². The Bertz CT molecular complexity index is 1070. The molecule has 7 nitrogen and oxygen atoms in total. The first-order valence-electron chi connectivity index (χ1n) is 11.5. The number of benzene rings is 2. The molecule has 4 rings (SSSR count). The second-order valence-electron chi connectivity index (χ2n) is 8.91. The van der Waals surface area contributed by atoms with E-state index in [4.69, 9.17) is 4.74 Å². The molecule has 0 atom stereocenters. The predicted molar refractivity (Wildman–Crippen MR) is 123 cm³/mol. The molecule has 35 heavy (non-hydrogen) atoms. The Morgan fingerprint density at radius 3 is 2.49 bits per heavy atom. The smallest absolute Gasteiger partial charge is 0.485 e. The van der Waals surface area contributed by atoms with Gasteiger partial charge in [0.15, 0.2) is 0 Å². The van der Waals surface area contributed by atoms with Gasteiger partial charge in [-0.2, -0.15) is 0 Å². The highest BCUT2D eigenvalue weighted by Crippen LogP contribution is 2.41. The molecular weight excluding hydrogens is 463 g/mol. The van der Waals surface area contributed by atoms with E-state index < -0.39 is 12.0 Å². The number of carbonyl (C=O) groups excluding carboxylic acids is 2. The number of piperidine rings is 1. The molecule has 2 aromatic rings. The lowest BCUT2D eigenvalue weighted by Gasteiger charge is -2.41. The van der Waals surface area contributed by atoms with Gasteiger partial charge >= 0.3 is 6.36 Å². The van der Waals surface area contributed by atoms with E-state index in [2.05, 4.69) is 15.0 Å². The summed E-state index contributed by atoms with van der Waals surface area (Å²) in [6, 6.07) is 13.6. The molecule has 1 saturated heterocycles. The summed E-state index contributed by atoms with van der Waals surface area (Å²) >= 11 is 0. The van der Waals surface area contributed by atoms with Crippen LogP contribution in [0.2, 0.25) is 0 Å². The fraction of sp³-hybridized carbons (Fsp3) is 0.440. The van der Waals surface area contributed by atoms with Gasteiger partial charge in [-0.15, -0.1) is 13.2 Å². The summed E-state index contributed by atoms with van der Waals surface area (Å²) in [7, 11) is 0. The summed E-state index contributed by atoms with van der Waals surface area (Å²) < 4.78 is 48.6. The Morgan fingerprint density at radius 1 is 1.06 bits per heavy atom. The molecule has 188 valence electrons. The Kier molecular flexibility index (Phi) is 7.09. The number of amides is 2.